The zero-order valence-corrected chi connectivity index (χ0v) is 30.8. The van der Waals surface area contributed by atoms with Crippen LogP contribution in [0.3, 0.4) is 0 Å². The number of hydrogen-bond donors (Lipinski definition) is 3. The Morgan fingerprint density at radius 2 is 1.05 bits per heavy atom. The van der Waals surface area contributed by atoms with E-state index in [0.717, 1.165) is 46.1 Å². The van der Waals surface area contributed by atoms with Gasteiger partial charge in [-0.05, 0) is 92.2 Å². The molecule has 0 bridgehead atoms. The first-order chi connectivity index (χ1) is 26.3. The number of aliphatic hydroxyl groups excluding tert-OH is 2. The van der Waals surface area contributed by atoms with E-state index in [1.807, 2.05) is 28.8 Å². The maximum atomic E-state index is 13.2. The predicted octanol–water partition coefficient (Wildman–Crippen LogP) is 10.4. The summed E-state index contributed by atoms with van der Waals surface area (Å²) >= 11 is 12.4. The van der Waals surface area contributed by atoms with E-state index in [4.69, 9.17) is 23.2 Å². The van der Waals surface area contributed by atoms with Crippen LogP contribution in [-0.2, 0) is 12.4 Å². The quantitative estimate of drug-likeness (QED) is 0.155. The smallest absolute Gasteiger partial charge is 0.391 e. The summed E-state index contributed by atoms with van der Waals surface area (Å²) in [4.78, 5) is 1.77. The van der Waals surface area contributed by atoms with E-state index < -0.39 is 54.3 Å². The molecule has 2 aliphatic heterocycles. The van der Waals surface area contributed by atoms with Gasteiger partial charge in [0.15, 0.2) is 0 Å². The minimum absolute atomic E-state index is 0.0679. The van der Waals surface area contributed by atoms with Gasteiger partial charge in [0.2, 0.25) is 0 Å². The molecule has 300 valence electrons. The monoisotopic (exact) mass is 832 g/mol. The number of piperidine rings is 2. The number of hydrogen-bond acceptors (Lipinski definition) is 4. The van der Waals surface area contributed by atoms with E-state index in [2.05, 4.69) is 5.32 Å². The first-order valence-electron chi connectivity index (χ1n) is 17.8. The van der Waals surface area contributed by atoms with E-state index in [1.54, 1.807) is 21.6 Å². The number of likely N-dealkylation sites (tertiary alicyclic amines) is 1. The number of aromatic nitrogens is 2. The van der Waals surface area contributed by atoms with Gasteiger partial charge in [-0.2, -0.15) is 39.5 Å². The Hall–Kier alpha value is -3.73. The Kier molecular flexibility index (Phi) is 11.0. The molecule has 6 nitrogen and oxygen atoms in total. The molecular formula is C39H35Cl2F9N4O2. The maximum absolute atomic E-state index is 13.2. The van der Waals surface area contributed by atoms with Crippen molar-refractivity contribution in [2.24, 2.45) is 0 Å². The van der Waals surface area contributed by atoms with E-state index in [1.165, 1.54) is 12.1 Å². The van der Waals surface area contributed by atoms with Crippen molar-refractivity contribution in [2.75, 3.05) is 32.7 Å². The highest BCUT2D eigenvalue weighted by Gasteiger charge is 2.36. The predicted molar refractivity (Wildman–Crippen MR) is 198 cm³/mol. The maximum Gasteiger partial charge on any atom is 0.416 e. The molecule has 4 aromatic carbocycles. The second-order valence-electron chi connectivity index (χ2n) is 14.2. The third-order valence-electron chi connectivity index (χ3n) is 10.6. The standard InChI is InChI=1S/C20H19Cl2F3N2O.C19H16F6N2O/c21-12-1-3-16-14(9-12)15-10-13(22)2-4-17(15)27(16)18-11-26(7-5-19(18)28)8-6-20(23,24)25;20-18(21,22)10-1-3-14-12(7-10)13-8-11(19(23,24)25)2-4-15(13)27(14)16-9-26-6-5-17(16)28/h1-4,9-10,18-19,28H,5-8,11H2;1-4,7-8,16-17,26,28H,5-6,9H2/t18-,19-;16-,17-/m10/s1. The lowest BCUT2D eigenvalue weighted by atomic mass is 10.0. The van der Waals surface area contributed by atoms with Crippen molar-refractivity contribution in [2.45, 2.75) is 62.1 Å². The number of fused-ring (bicyclic) bond motifs is 6. The van der Waals surface area contributed by atoms with Crippen LogP contribution >= 0.6 is 23.2 Å². The molecule has 56 heavy (non-hydrogen) atoms. The summed E-state index contributed by atoms with van der Waals surface area (Å²) in [6.07, 6.45) is -14.8. The third kappa shape index (κ3) is 8.16. The zero-order chi connectivity index (χ0) is 40.3. The Balaban J connectivity index is 0.000000172. The first kappa shape index (κ1) is 40.5. The molecule has 3 N–H and O–H groups in total. The molecule has 6 aromatic rings. The van der Waals surface area contributed by atoms with Crippen molar-refractivity contribution in [1.29, 1.82) is 0 Å². The zero-order valence-electron chi connectivity index (χ0n) is 29.3. The van der Waals surface area contributed by atoms with Gasteiger partial charge in [-0.1, -0.05) is 23.2 Å². The van der Waals surface area contributed by atoms with Crippen molar-refractivity contribution in [1.82, 2.24) is 19.4 Å². The molecule has 17 heteroatoms. The van der Waals surface area contributed by atoms with E-state index in [9.17, 15) is 49.7 Å². The van der Waals surface area contributed by atoms with E-state index in [-0.39, 0.29) is 23.4 Å². The van der Waals surface area contributed by atoms with Crippen molar-refractivity contribution >= 4 is 66.8 Å². The highest BCUT2D eigenvalue weighted by Crippen LogP contribution is 2.41. The topological polar surface area (TPSA) is 65.6 Å². The van der Waals surface area contributed by atoms with Crippen LogP contribution in [0, 0.1) is 0 Å². The van der Waals surface area contributed by atoms with Crippen LogP contribution in [0.5, 0.6) is 0 Å². The number of alkyl halides is 9. The molecule has 0 unspecified atom stereocenters. The summed E-state index contributed by atoms with van der Waals surface area (Å²) < 4.78 is 121. The van der Waals surface area contributed by atoms with Gasteiger partial charge in [-0.15, -0.1) is 0 Å². The summed E-state index contributed by atoms with van der Waals surface area (Å²) in [6, 6.07) is 16.2. The van der Waals surface area contributed by atoms with Crippen LogP contribution in [0.25, 0.3) is 43.6 Å². The van der Waals surface area contributed by atoms with Gasteiger partial charge < -0.3 is 29.6 Å². The van der Waals surface area contributed by atoms with Crippen molar-refractivity contribution in [3.63, 3.8) is 0 Å². The largest absolute Gasteiger partial charge is 0.416 e. The second kappa shape index (κ2) is 15.2. The number of halogens is 11. The molecule has 8 rings (SSSR count). The van der Waals surface area contributed by atoms with Gasteiger partial charge in [0.1, 0.15) is 0 Å². The lowest BCUT2D eigenvalue weighted by Gasteiger charge is -2.37. The minimum Gasteiger partial charge on any atom is -0.391 e. The number of aliphatic hydroxyl groups is 2. The number of nitrogens with one attached hydrogen (secondary N) is 1. The average molecular weight is 834 g/mol. The van der Waals surface area contributed by atoms with Crippen molar-refractivity contribution in [3.05, 3.63) is 94.0 Å². The summed E-state index contributed by atoms with van der Waals surface area (Å²) in [6.45, 7) is 1.68. The van der Waals surface area contributed by atoms with E-state index >= 15 is 0 Å². The molecule has 0 radical (unpaired) electrons. The molecule has 2 saturated heterocycles. The normalized spacial score (nSPS) is 21.6. The molecule has 2 aromatic heterocycles. The van der Waals surface area contributed by atoms with Crippen LogP contribution in [-0.4, -0.2) is 75.4 Å². The fourth-order valence-corrected chi connectivity index (χ4v) is 8.28. The van der Waals surface area contributed by atoms with Crippen LogP contribution in [0.4, 0.5) is 39.5 Å². The van der Waals surface area contributed by atoms with Gasteiger partial charge in [0.05, 0.1) is 41.8 Å². The molecule has 0 saturated carbocycles. The molecule has 0 spiro atoms. The minimum atomic E-state index is -4.61. The first-order valence-corrected chi connectivity index (χ1v) is 18.5. The number of benzene rings is 4. The van der Waals surface area contributed by atoms with Gasteiger partial charge in [-0.3, -0.25) is 0 Å². The fraction of sp³-hybridized carbons (Fsp3) is 0.385. The van der Waals surface area contributed by atoms with Crippen molar-refractivity contribution in [3.8, 4) is 0 Å². The average Bonchev–Trinajstić information content (AvgIpc) is 3.62. The second-order valence-corrected chi connectivity index (χ2v) is 15.1. The highest BCUT2D eigenvalue weighted by molar-refractivity contribution is 6.33. The van der Waals surface area contributed by atoms with Crippen LogP contribution in [0.2, 0.25) is 10.0 Å². The molecule has 4 atom stereocenters. The summed E-state index contributed by atoms with van der Waals surface area (Å²) in [5, 5.41) is 27.4. The molecule has 2 fully saturated rings. The van der Waals surface area contributed by atoms with Crippen LogP contribution in [0.15, 0.2) is 72.8 Å². The Bertz CT molecular complexity index is 2260. The van der Waals surface area contributed by atoms with Gasteiger partial charge in [0.25, 0.3) is 0 Å². The molecular weight excluding hydrogens is 798 g/mol. The van der Waals surface area contributed by atoms with Gasteiger partial charge >= 0.3 is 18.5 Å². The van der Waals surface area contributed by atoms with Crippen molar-refractivity contribution < 1.29 is 49.7 Å². The molecule has 4 heterocycles. The lowest BCUT2D eigenvalue weighted by Crippen LogP contribution is -2.45. The Morgan fingerprint density at radius 3 is 1.52 bits per heavy atom. The van der Waals surface area contributed by atoms with Gasteiger partial charge in [0, 0.05) is 79.8 Å². The molecule has 2 aliphatic rings. The Morgan fingerprint density at radius 1 is 0.607 bits per heavy atom. The summed E-state index contributed by atoms with van der Waals surface area (Å²) in [5.41, 5.74) is 0.606. The summed E-state index contributed by atoms with van der Waals surface area (Å²) in [5.74, 6) is 0. The lowest BCUT2D eigenvalue weighted by molar-refractivity contribution is -0.140. The van der Waals surface area contributed by atoms with E-state index in [0.29, 0.717) is 60.1 Å². The van der Waals surface area contributed by atoms with Gasteiger partial charge in [-0.25, -0.2) is 0 Å². The highest BCUT2D eigenvalue weighted by atomic mass is 35.5. The third-order valence-corrected chi connectivity index (χ3v) is 11.1. The Labute approximate surface area is 324 Å². The molecule has 0 aliphatic carbocycles. The van der Waals surface area contributed by atoms with Crippen LogP contribution in [0.1, 0.15) is 42.5 Å². The number of nitrogens with zero attached hydrogens (tertiary/aromatic N) is 3. The number of rotatable bonds is 4. The van der Waals surface area contributed by atoms with Crippen LogP contribution < -0.4 is 5.32 Å². The SMILES string of the molecule is O[C@@H]1CCN(CCC(F)(F)F)C[C@H]1n1c2ccc(Cl)cc2c2cc(Cl)ccc21.O[C@H]1CCNC[C@@H]1n1c2ccc(C(F)(F)F)cc2c2cc(C(F)(F)F)ccc21. The molecule has 0 amide bonds. The fourth-order valence-electron chi connectivity index (χ4n) is 7.94. The summed E-state index contributed by atoms with van der Waals surface area (Å²) in [7, 11) is 0.